The van der Waals surface area contributed by atoms with Crippen LogP contribution in [0.15, 0.2) is 0 Å². The van der Waals surface area contributed by atoms with Gasteiger partial charge in [0.25, 0.3) is 0 Å². The number of hydrogen-bond donors (Lipinski definition) is 0. The third-order valence-corrected chi connectivity index (χ3v) is 4.39. The number of unbranched alkanes of at least 4 members (excludes halogenated alkanes) is 14. The fraction of sp³-hybridized carbons (Fsp3) is 0.905. The average molecular weight is 326 g/mol. The van der Waals surface area contributed by atoms with Crippen LogP contribution in [0, 0.1) is 6.92 Å². The third-order valence-electron chi connectivity index (χ3n) is 4.39. The Morgan fingerprint density at radius 3 is 1.74 bits per heavy atom. The van der Waals surface area contributed by atoms with Crippen molar-refractivity contribution in [3.8, 4) is 0 Å². The summed E-state index contributed by atoms with van der Waals surface area (Å²) < 4.78 is 5.29. The van der Waals surface area contributed by atoms with Gasteiger partial charge < -0.3 is 4.74 Å². The second kappa shape index (κ2) is 19.5. The topological polar surface area (TPSA) is 26.3 Å². The van der Waals surface area contributed by atoms with Gasteiger partial charge >= 0.3 is 5.97 Å². The molecule has 137 valence electrons. The van der Waals surface area contributed by atoms with Crippen molar-refractivity contribution >= 4 is 5.97 Å². The highest BCUT2D eigenvalue weighted by Crippen LogP contribution is 2.11. The van der Waals surface area contributed by atoms with Crippen LogP contribution in [0.5, 0.6) is 0 Å². The lowest BCUT2D eigenvalue weighted by Gasteiger charge is -2.05. The third kappa shape index (κ3) is 19.4. The number of rotatable bonds is 18. The van der Waals surface area contributed by atoms with Gasteiger partial charge in [0, 0.05) is 6.42 Å². The summed E-state index contributed by atoms with van der Waals surface area (Å²) in [6.45, 7) is 6.71. The molecule has 0 rings (SSSR count). The standard InChI is InChI=1S/C21H41O2/c1-3-5-7-9-10-11-12-13-14-16-18-20-23-21(22)19-17-15-8-6-4-2/h1,3-20H2,2H3. The van der Waals surface area contributed by atoms with Gasteiger partial charge in [0.1, 0.15) is 0 Å². The Bertz CT molecular complexity index is 238. The van der Waals surface area contributed by atoms with Crippen molar-refractivity contribution in [2.75, 3.05) is 6.61 Å². The van der Waals surface area contributed by atoms with Crippen molar-refractivity contribution in [1.82, 2.24) is 0 Å². The molecule has 0 aliphatic carbocycles. The van der Waals surface area contributed by atoms with Gasteiger partial charge in [0.2, 0.25) is 0 Å². The molecule has 0 atom stereocenters. The quantitative estimate of drug-likeness (QED) is 0.200. The van der Waals surface area contributed by atoms with E-state index in [0.29, 0.717) is 13.0 Å². The molecule has 0 saturated heterocycles. The fourth-order valence-corrected chi connectivity index (χ4v) is 2.82. The van der Waals surface area contributed by atoms with Gasteiger partial charge in [-0.05, 0) is 12.8 Å². The lowest BCUT2D eigenvalue weighted by Crippen LogP contribution is -2.05. The molecular weight excluding hydrogens is 284 g/mol. The summed E-state index contributed by atoms with van der Waals surface area (Å²) in [4.78, 5) is 11.5. The van der Waals surface area contributed by atoms with Gasteiger partial charge in [-0.2, -0.15) is 0 Å². The van der Waals surface area contributed by atoms with Gasteiger partial charge in [0.15, 0.2) is 0 Å². The Morgan fingerprint density at radius 2 is 1.17 bits per heavy atom. The number of esters is 1. The molecule has 0 fully saturated rings. The first-order valence-corrected chi connectivity index (χ1v) is 10.3. The average Bonchev–Trinajstić information content (AvgIpc) is 2.55. The molecule has 23 heavy (non-hydrogen) atoms. The molecule has 0 aromatic carbocycles. The van der Waals surface area contributed by atoms with Crippen LogP contribution in [0.25, 0.3) is 0 Å². The second-order valence-electron chi connectivity index (χ2n) is 6.77. The summed E-state index contributed by atoms with van der Waals surface area (Å²) in [6, 6.07) is 0. The van der Waals surface area contributed by atoms with Gasteiger partial charge in [-0.3, -0.25) is 4.79 Å². The predicted octanol–water partition coefficient (Wildman–Crippen LogP) is 7.02. The molecule has 0 heterocycles. The van der Waals surface area contributed by atoms with Crippen LogP contribution in [-0.2, 0) is 9.53 Å². The van der Waals surface area contributed by atoms with E-state index in [9.17, 15) is 4.79 Å². The highest BCUT2D eigenvalue weighted by molar-refractivity contribution is 5.69. The van der Waals surface area contributed by atoms with Crippen molar-refractivity contribution in [2.45, 2.75) is 116 Å². The number of carbonyl (C=O) groups excluding carboxylic acids is 1. The minimum Gasteiger partial charge on any atom is -0.466 e. The molecule has 0 aliphatic rings. The van der Waals surface area contributed by atoms with Crippen LogP contribution in [0.1, 0.15) is 116 Å². The number of hydrogen-bond acceptors (Lipinski definition) is 2. The fourth-order valence-electron chi connectivity index (χ4n) is 2.82. The normalized spacial score (nSPS) is 10.9. The molecule has 0 bridgehead atoms. The van der Waals surface area contributed by atoms with Crippen molar-refractivity contribution in [3.05, 3.63) is 6.92 Å². The van der Waals surface area contributed by atoms with E-state index in [1.165, 1.54) is 77.0 Å². The van der Waals surface area contributed by atoms with Gasteiger partial charge in [-0.25, -0.2) is 0 Å². The molecule has 0 amide bonds. The van der Waals surface area contributed by atoms with Crippen LogP contribution in [-0.4, -0.2) is 12.6 Å². The van der Waals surface area contributed by atoms with Crippen molar-refractivity contribution in [3.63, 3.8) is 0 Å². The van der Waals surface area contributed by atoms with Crippen LogP contribution in [0.3, 0.4) is 0 Å². The van der Waals surface area contributed by atoms with E-state index in [0.717, 1.165) is 25.7 Å². The Kier molecular flexibility index (Phi) is 19.1. The summed E-state index contributed by atoms with van der Waals surface area (Å²) in [5, 5.41) is 0. The largest absolute Gasteiger partial charge is 0.466 e. The second-order valence-corrected chi connectivity index (χ2v) is 6.77. The predicted molar refractivity (Wildman–Crippen MR) is 100 cm³/mol. The maximum Gasteiger partial charge on any atom is 0.305 e. The Labute approximate surface area is 145 Å². The maximum absolute atomic E-state index is 11.5. The van der Waals surface area contributed by atoms with E-state index >= 15 is 0 Å². The highest BCUT2D eigenvalue weighted by Gasteiger charge is 2.02. The van der Waals surface area contributed by atoms with E-state index in [4.69, 9.17) is 4.74 Å². The summed E-state index contributed by atoms with van der Waals surface area (Å²) >= 11 is 0. The summed E-state index contributed by atoms with van der Waals surface area (Å²) in [7, 11) is 0. The Balaban J connectivity index is 3.10. The SMILES string of the molecule is [CH2]CCCCCCCCCCCCOC(=O)CCCCCCC. The Hall–Kier alpha value is -0.530. The van der Waals surface area contributed by atoms with Crippen LogP contribution in [0.2, 0.25) is 0 Å². The Morgan fingerprint density at radius 1 is 0.696 bits per heavy atom. The molecule has 0 unspecified atom stereocenters. The molecule has 0 aliphatic heterocycles. The molecule has 2 nitrogen and oxygen atoms in total. The first kappa shape index (κ1) is 22.5. The summed E-state index contributed by atoms with van der Waals surface area (Å²) in [6.07, 6.45) is 20.6. The molecule has 0 aromatic rings. The van der Waals surface area contributed by atoms with E-state index in [1.54, 1.807) is 0 Å². The zero-order chi connectivity index (χ0) is 17.0. The number of ether oxygens (including phenoxy) is 1. The van der Waals surface area contributed by atoms with Crippen molar-refractivity contribution in [2.24, 2.45) is 0 Å². The van der Waals surface area contributed by atoms with Gasteiger partial charge in [-0.15, -0.1) is 0 Å². The molecular formula is C21H41O2. The number of carbonyl (C=O) groups is 1. The first-order valence-electron chi connectivity index (χ1n) is 10.3. The zero-order valence-corrected chi connectivity index (χ0v) is 15.8. The van der Waals surface area contributed by atoms with Crippen LogP contribution >= 0.6 is 0 Å². The zero-order valence-electron chi connectivity index (χ0n) is 15.8. The molecule has 1 radical (unpaired) electrons. The monoisotopic (exact) mass is 325 g/mol. The van der Waals surface area contributed by atoms with E-state index in [1.807, 2.05) is 0 Å². The lowest BCUT2D eigenvalue weighted by atomic mass is 10.1. The minimum absolute atomic E-state index is 0.00350. The van der Waals surface area contributed by atoms with E-state index in [2.05, 4.69) is 13.8 Å². The smallest absolute Gasteiger partial charge is 0.305 e. The maximum atomic E-state index is 11.5. The highest BCUT2D eigenvalue weighted by atomic mass is 16.5. The van der Waals surface area contributed by atoms with Gasteiger partial charge in [-0.1, -0.05) is 104 Å². The summed E-state index contributed by atoms with van der Waals surface area (Å²) in [5.41, 5.74) is 0. The molecule has 0 aromatic heterocycles. The summed E-state index contributed by atoms with van der Waals surface area (Å²) in [5.74, 6) is 0.00350. The van der Waals surface area contributed by atoms with Crippen molar-refractivity contribution < 1.29 is 9.53 Å². The van der Waals surface area contributed by atoms with E-state index in [-0.39, 0.29) is 5.97 Å². The van der Waals surface area contributed by atoms with Crippen molar-refractivity contribution in [1.29, 1.82) is 0 Å². The molecule has 0 saturated carbocycles. The minimum atomic E-state index is 0.00350. The molecule has 0 spiro atoms. The molecule has 0 N–H and O–H groups in total. The first-order chi connectivity index (χ1) is 11.3. The van der Waals surface area contributed by atoms with Gasteiger partial charge in [0.05, 0.1) is 6.61 Å². The lowest BCUT2D eigenvalue weighted by molar-refractivity contribution is -0.143. The molecule has 2 heteroatoms. The van der Waals surface area contributed by atoms with Crippen LogP contribution < -0.4 is 0 Å². The van der Waals surface area contributed by atoms with E-state index < -0.39 is 0 Å². The van der Waals surface area contributed by atoms with Crippen LogP contribution in [0.4, 0.5) is 0 Å².